The number of fused-ring (bicyclic) bond motifs is 1. The van der Waals surface area contributed by atoms with Crippen LogP contribution in [0.3, 0.4) is 0 Å². The van der Waals surface area contributed by atoms with Gasteiger partial charge in [-0.05, 0) is 62.6 Å². The maximum atomic E-state index is 11.5. The van der Waals surface area contributed by atoms with Crippen molar-refractivity contribution >= 4 is 31.3 Å². The number of aromatic amines is 1. The zero-order valence-electron chi connectivity index (χ0n) is 21.7. The van der Waals surface area contributed by atoms with E-state index in [9.17, 15) is 4.79 Å². The number of hydrogen-bond acceptors (Lipinski definition) is 5. The van der Waals surface area contributed by atoms with Crippen LogP contribution in [0.4, 0.5) is 0 Å². The molecule has 1 aromatic heterocycles. The molecule has 0 saturated heterocycles. The van der Waals surface area contributed by atoms with E-state index in [4.69, 9.17) is 18.6 Å². The number of hydrogen-bond donors (Lipinski definition) is 1. The van der Waals surface area contributed by atoms with Crippen molar-refractivity contribution < 1.29 is 18.6 Å². The number of aromatic nitrogens is 1. The Morgan fingerprint density at radius 2 is 1.89 bits per heavy atom. The van der Waals surface area contributed by atoms with Crippen molar-refractivity contribution in [2.75, 3.05) is 20.0 Å². The molecular weight excluding hydrogens is 458 g/mol. The average molecular weight is 496 g/mol. The SMILES string of the molecule is CCOc1cc(OCOCC[Si](C)(C)C)cc(/C=C/c2ccc3[nH]c(=O)oc3c2)c1CC=C(C)C. The predicted molar refractivity (Wildman–Crippen MR) is 146 cm³/mol. The van der Waals surface area contributed by atoms with Crippen molar-refractivity contribution in [3.05, 3.63) is 69.2 Å². The summed E-state index contributed by atoms with van der Waals surface area (Å²) in [4.78, 5) is 14.1. The first-order valence-corrected chi connectivity index (χ1v) is 15.8. The summed E-state index contributed by atoms with van der Waals surface area (Å²) in [6.07, 6.45) is 6.98. The summed E-state index contributed by atoms with van der Waals surface area (Å²) in [6, 6.07) is 10.7. The lowest BCUT2D eigenvalue weighted by Gasteiger charge is -2.17. The van der Waals surface area contributed by atoms with Crippen molar-refractivity contribution in [1.82, 2.24) is 4.98 Å². The Morgan fingerprint density at radius 3 is 2.60 bits per heavy atom. The fourth-order valence-electron chi connectivity index (χ4n) is 3.48. The summed E-state index contributed by atoms with van der Waals surface area (Å²) in [6.45, 7) is 14.6. The molecule has 0 saturated carbocycles. The summed E-state index contributed by atoms with van der Waals surface area (Å²) in [5.41, 5.74) is 5.47. The molecule has 0 amide bonds. The van der Waals surface area contributed by atoms with Gasteiger partial charge >= 0.3 is 5.76 Å². The maximum Gasteiger partial charge on any atom is 0.417 e. The van der Waals surface area contributed by atoms with Crippen LogP contribution in [0.5, 0.6) is 11.5 Å². The summed E-state index contributed by atoms with van der Waals surface area (Å²) in [5.74, 6) is 1.05. The van der Waals surface area contributed by atoms with Crippen molar-refractivity contribution in [2.45, 2.75) is 52.9 Å². The van der Waals surface area contributed by atoms with Gasteiger partial charge in [-0.15, -0.1) is 0 Å². The van der Waals surface area contributed by atoms with Crippen molar-refractivity contribution in [1.29, 1.82) is 0 Å². The van der Waals surface area contributed by atoms with Gasteiger partial charge in [-0.3, -0.25) is 4.98 Å². The van der Waals surface area contributed by atoms with Gasteiger partial charge in [0.1, 0.15) is 11.5 Å². The van der Waals surface area contributed by atoms with Gasteiger partial charge in [0.15, 0.2) is 12.4 Å². The van der Waals surface area contributed by atoms with Crippen molar-refractivity contribution in [2.24, 2.45) is 0 Å². The van der Waals surface area contributed by atoms with Gasteiger partial charge in [0.2, 0.25) is 0 Å². The molecule has 0 fully saturated rings. The van der Waals surface area contributed by atoms with Crippen LogP contribution >= 0.6 is 0 Å². The van der Waals surface area contributed by atoms with E-state index in [0.717, 1.165) is 34.9 Å². The number of oxazole rings is 1. The van der Waals surface area contributed by atoms with Crippen molar-refractivity contribution in [3.63, 3.8) is 0 Å². The molecule has 1 heterocycles. The molecule has 0 aliphatic carbocycles. The number of rotatable bonds is 12. The molecule has 188 valence electrons. The third-order valence-electron chi connectivity index (χ3n) is 5.44. The van der Waals surface area contributed by atoms with Gasteiger partial charge in [0, 0.05) is 26.3 Å². The lowest BCUT2D eigenvalue weighted by molar-refractivity contribution is 0.0219. The largest absolute Gasteiger partial charge is 0.493 e. The topological polar surface area (TPSA) is 73.7 Å². The number of allylic oxidation sites excluding steroid dienone is 2. The minimum atomic E-state index is -1.14. The highest BCUT2D eigenvalue weighted by molar-refractivity contribution is 6.76. The Morgan fingerprint density at radius 1 is 1.09 bits per heavy atom. The molecule has 3 aromatic rings. The van der Waals surface area contributed by atoms with Crippen LogP contribution in [0, 0.1) is 0 Å². The minimum Gasteiger partial charge on any atom is -0.493 e. The molecule has 35 heavy (non-hydrogen) atoms. The molecule has 0 spiro atoms. The zero-order valence-corrected chi connectivity index (χ0v) is 22.7. The molecule has 3 rings (SSSR count). The Bertz CT molecular complexity index is 1240. The lowest BCUT2D eigenvalue weighted by Crippen LogP contribution is -2.22. The Hall–Kier alpha value is -3.03. The molecule has 0 bridgehead atoms. The molecule has 0 aliphatic heterocycles. The highest BCUT2D eigenvalue weighted by Crippen LogP contribution is 2.32. The Balaban J connectivity index is 1.88. The number of H-pyrrole nitrogens is 1. The average Bonchev–Trinajstić information content (AvgIpc) is 3.15. The molecule has 2 aromatic carbocycles. The van der Waals surface area contributed by atoms with E-state index in [1.54, 1.807) is 0 Å². The number of ether oxygens (including phenoxy) is 3. The third kappa shape index (κ3) is 8.30. The van der Waals surface area contributed by atoms with E-state index < -0.39 is 13.8 Å². The highest BCUT2D eigenvalue weighted by atomic mass is 28.3. The van der Waals surface area contributed by atoms with Crippen LogP contribution in [0.15, 0.2) is 51.2 Å². The standard InChI is InChI=1S/C28H37NO5Si/c1-7-32-26-18-23(33-19-31-14-15-35(4,5)6)17-22(24(26)12-8-20(2)3)11-9-21-10-13-25-27(16-21)34-28(30)29-25/h8-11,13,16-18H,7,12,14-15,19H2,1-6H3,(H,29,30)/b11-9+. The van der Waals surface area contributed by atoms with Gasteiger partial charge in [0.05, 0.1) is 12.1 Å². The minimum absolute atomic E-state index is 0.204. The van der Waals surface area contributed by atoms with Crippen LogP contribution in [0.1, 0.15) is 37.5 Å². The zero-order chi connectivity index (χ0) is 25.4. The van der Waals surface area contributed by atoms with E-state index in [0.29, 0.717) is 30.1 Å². The summed E-state index contributed by atoms with van der Waals surface area (Å²) in [5, 5.41) is 0. The summed E-state index contributed by atoms with van der Waals surface area (Å²) >= 11 is 0. The van der Waals surface area contributed by atoms with Crippen molar-refractivity contribution in [3.8, 4) is 11.5 Å². The molecular formula is C28H37NO5Si. The second-order valence-corrected chi connectivity index (χ2v) is 15.6. The first kappa shape index (κ1) is 26.6. The molecule has 1 N–H and O–H groups in total. The second kappa shape index (κ2) is 12.1. The molecule has 6 nitrogen and oxygen atoms in total. The number of benzene rings is 2. The van der Waals surface area contributed by atoms with E-state index in [2.05, 4.69) is 44.5 Å². The predicted octanol–water partition coefficient (Wildman–Crippen LogP) is 6.89. The molecule has 0 unspecified atom stereocenters. The molecule has 0 aliphatic rings. The van der Waals surface area contributed by atoms with Gasteiger partial charge in [0.25, 0.3) is 0 Å². The smallest absolute Gasteiger partial charge is 0.417 e. The lowest BCUT2D eigenvalue weighted by atomic mass is 10.00. The van der Waals surface area contributed by atoms with E-state index in [1.807, 2.05) is 49.4 Å². The van der Waals surface area contributed by atoms with Gasteiger partial charge in [-0.25, -0.2) is 4.79 Å². The van der Waals surface area contributed by atoms with Crippen LogP contribution in [0.25, 0.3) is 23.3 Å². The van der Waals surface area contributed by atoms with Gasteiger partial charge in [-0.1, -0.05) is 49.5 Å². The van der Waals surface area contributed by atoms with Gasteiger partial charge in [-0.2, -0.15) is 0 Å². The fourth-order valence-corrected chi connectivity index (χ4v) is 4.24. The molecule has 0 radical (unpaired) electrons. The quantitative estimate of drug-likeness (QED) is 0.0973. The monoisotopic (exact) mass is 495 g/mol. The molecule has 0 atom stereocenters. The summed E-state index contributed by atoms with van der Waals surface area (Å²) < 4.78 is 22.9. The van der Waals surface area contributed by atoms with Gasteiger partial charge < -0.3 is 18.6 Å². The Kier molecular flexibility index (Phi) is 9.18. The van der Waals surface area contributed by atoms with Crippen LogP contribution in [-0.4, -0.2) is 33.1 Å². The van der Waals surface area contributed by atoms with Crippen LogP contribution < -0.4 is 15.2 Å². The highest BCUT2D eigenvalue weighted by Gasteiger charge is 2.13. The normalized spacial score (nSPS) is 11.8. The van der Waals surface area contributed by atoms with E-state index in [-0.39, 0.29) is 6.79 Å². The molecule has 7 heteroatoms. The second-order valence-electron chi connectivity index (χ2n) is 9.99. The number of nitrogens with one attached hydrogen (secondary N) is 1. The van der Waals surface area contributed by atoms with E-state index in [1.165, 1.54) is 5.57 Å². The van der Waals surface area contributed by atoms with Crippen LogP contribution in [0.2, 0.25) is 25.7 Å². The first-order chi connectivity index (χ1) is 16.6. The third-order valence-corrected chi connectivity index (χ3v) is 7.14. The van der Waals surface area contributed by atoms with E-state index >= 15 is 0 Å². The summed E-state index contributed by atoms with van der Waals surface area (Å²) in [7, 11) is -1.14. The van der Waals surface area contributed by atoms with Crippen LogP contribution in [-0.2, 0) is 11.2 Å². The Labute approximate surface area is 208 Å². The maximum absolute atomic E-state index is 11.5. The first-order valence-electron chi connectivity index (χ1n) is 12.1. The fraction of sp³-hybridized carbons (Fsp3) is 0.393.